The largest absolute Gasteiger partial charge is 0.378 e. The van der Waals surface area contributed by atoms with Crippen LogP contribution in [0.25, 0.3) is 0 Å². The smallest absolute Gasteiger partial charge is 0.120 e. The summed E-state index contributed by atoms with van der Waals surface area (Å²) in [5.41, 5.74) is 0.229. The minimum absolute atomic E-state index is 0.421. The summed E-state index contributed by atoms with van der Waals surface area (Å²) in [5, 5.41) is 9.69. The molecule has 1 saturated heterocycles. The minimum atomic E-state index is -0.941. The van der Waals surface area contributed by atoms with Crippen molar-refractivity contribution in [3.63, 3.8) is 0 Å². The predicted octanol–water partition coefficient (Wildman–Crippen LogP) is 3.60. The van der Waals surface area contributed by atoms with Crippen LogP contribution in [-0.2, 0) is 6.54 Å². The van der Waals surface area contributed by atoms with E-state index in [1.54, 1.807) is 25.2 Å². The summed E-state index contributed by atoms with van der Waals surface area (Å²) in [6, 6.07) is 10.8. The van der Waals surface area contributed by atoms with Gasteiger partial charge < -0.3 is 5.11 Å². The Bertz CT molecular complexity index is 706. The summed E-state index contributed by atoms with van der Waals surface area (Å²) < 4.78 is 0. The lowest BCUT2D eigenvalue weighted by molar-refractivity contribution is 0.143. The van der Waals surface area contributed by atoms with Gasteiger partial charge in [0.1, 0.15) is 5.60 Å². The van der Waals surface area contributed by atoms with Gasteiger partial charge in [-0.05, 0) is 57.5 Å². The molecule has 4 heteroatoms. The Balaban J connectivity index is 1.69. The van der Waals surface area contributed by atoms with Gasteiger partial charge in [-0.1, -0.05) is 17.9 Å². The molecule has 1 fully saturated rings. The van der Waals surface area contributed by atoms with Gasteiger partial charge in [0.15, 0.2) is 0 Å². The molecule has 0 aromatic carbocycles. The molecule has 1 aliphatic heterocycles. The molecule has 3 nitrogen and oxygen atoms in total. The Morgan fingerprint density at radius 1 is 1.35 bits per heavy atom. The molecule has 3 rings (SSSR count). The molecule has 0 amide bonds. The number of hydrogen-bond donors (Lipinski definition) is 1. The van der Waals surface area contributed by atoms with Gasteiger partial charge in [0, 0.05) is 17.6 Å². The number of aromatic nitrogens is 1. The highest BCUT2D eigenvalue weighted by Gasteiger charge is 2.27. The summed E-state index contributed by atoms with van der Waals surface area (Å²) in [6.07, 6.45) is 4.27. The maximum absolute atomic E-state index is 9.69. The molecule has 23 heavy (non-hydrogen) atoms. The van der Waals surface area contributed by atoms with Crippen molar-refractivity contribution in [1.29, 1.82) is 0 Å². The van der Waals surface area contributed by atoms with E-state index in [1.807, 2.05) is 18.3 Å². The van der Waals surface area contributed by atoms with Gasteiger partial charge in [-0.25, -0.2) is 0 Å². The second kappa shape index (κ2) is 6.84. The molecule has 0 unspecified atom stereocenters. The average Bonchev–Trinajstić information content (AvgIpc) is 3.15. The maximum atomic E-state index is 9.69. The third-order valence-electron chi connectivity index (χ3n) is 3.91. The van der Waals surface area contributed by atoms with Crippen LogP contribution in [0.15, 0.2) is 36.5 Å². The standard InChI is InChI=1S/C19H22N2OS/c1-19(2,22)11-10-15-8-9-16(23-15)14-21-13-5-7-18(21)17-6-3-4-12-20-17/h3-4,6,8-9,12,18,22H,5,7,13-14H2,1-2H3/t18-/m1/s1. The molecule has 120 valence electrons. The van der Waals surface area contributed by atoms with Crippen molar-refractivity contribution in [2.75, 3.05) is 6.54 Å². The van der Waals surface area contributed by atoms with E-state index in [0.29, 0.717) is 6.04 Å². The highest BCUT2D eigenvalue weighted by atomic mass is 32.1. The fourth-order valence-electron chi connectivity index (χ4n) is 2.87. The Labute approximate surface area is 142 Å². The molecule has 0 bridgehead atoms. The molecule has 2 aromatic rings. The number of nitrogens with zero attached hydrogens (tertiary/aromatic N) is 2. The van der Waals surface area contributed by atoms with E-state index in [9.17, 15) is 5.11 Å². The Kier molecular flexibility index (Phi) is 4.82. The van der Waals surface area contributed by atoms with Crippen molar-refractivity contribution >= 4 is 11.3 Å². The maximum Gasteiger partial charge on any atom is 0.120 e. The lowest BCUT2D eigenvalue weighted by atomic mass is 10.1. The van der Waals surface area contributed by atoms with Crippen molar-refractivity contribution in [2.45, 2.75) is 44.9 Å². The van der Waals surface area contributed by atoms with Crippen molar-refractivity contribution in [1.82, 2.24) is 9.88 Å². The molecule has 0 radical (unpaired) electrons. The number of rotatable bonds is 3. The second-order valence-electron chi connectivity index (χ2n) is 6.46. The van der Waals surface area contributed by atoms with Gasteiger partial charge in [0.05, 0.1) is 16.6 Å². The normalized spacial score (nSPS) is 18.7. The molecular weight excluding hydrogens is 304 g/mol. The molecule has 0 aliphatic carbocycles. The van der Waals surface area contributed by atoms with E-state index in [4.69, 9.17) is 0 Å². The molecule has 0 saturated carbocycles. The van der Waals surface area contributed by atoms with Crippen LogP contribution in [0.5, 0.6) is 0 Å². The Morgan fingerprint density at radius 2 is 2.22 bits per heavy atom. The van der Waals surface area contributed by atoms with Gasteiger partial charge in [-0.3, -0.25) is 9.88 Å². The average molecular weight is 326 g/mol. The zero-order valence-corrected chi connectivity index (χ0v) is 14.4. The fraction of sp³-hybridized carbons (Fsp3) is 0.421. The summed E-state index contributed by atoms with van der Waals surface area (Å²) in [4.78, 5) is 9.35. The quantitative estimate of drug-likeness (QED) is 0.876. The van der Waals surface area contributed by atoms with Gasteiger partial charge in [0.2, 0.25) is 0 Å². The number of pyridine rings is 1. The van der Waals surface area contributed by atoms with Crippen LogP contribution in [-0.4, -0.2) is 27.1 Å². The predicted molar refractivity (Wildman–Crippen MR) is 94.1 cm³/mol. The van der Waals surface area contributed by atoms with Crippen molar-refractivity contribution in [3.8, 4) is 11.8 Å². The first kappa shape index (κ1) is 16.2. The summed E-state index contributed by atoms with van der Waals surface area (Å²) >= 11 is 1.71. The molecule has 1 N–H and O–H groups in total. The van der Waals surface area contributed by atoms with Crippen LogP contribution in [0.1, 0.15) is 48.2 Å². The lowest BCUT2D eigenvalue weighted by Gasteiger charge is -2.23. The van der Waals surface area contributed by atoms with Crippen molar-refractivity contribution < 1.29 is 5.11 Å². The van der Waals surface area contributed by atoms with Gasteiger partial charge in [-0.15, -0.1) is 11.3 Å². The first-order chi connectivity index (χ1) is 11.0. The van der Waals surface area contributed by atoms with Crippen molar-refractivity contribution in [2.24, 2.45) is 0 Å². The summed E-state index contributed by atoms with van der Waals surface area (Å²) in [6.45, 7) is 5.46. The van der Waals surface area contributed by atoms with Crippen LogP contribution < -0.4 is 0 Å². The molecule has 1 aliphatic rings. The Morgan fingerprint density at radius 3 is 2.96 bits per heavy atom. The molecule has 3 heterocycles. The monoisotopic (exact) mass is 326 g/mol. The van der Waals surface area contributed by atoms with E-state index in [2.05, 4.69) is 39.9 Å². The summed E-state index contributed by atoms with van der Waals surface area (Å²) in [7, 11) is 0. The van der Waals surface area contributed by atoms with Gasteiger partial charge in [-0.2, -0.15) is 0 Å². The van der Waals surface area contributed by atoms with E-state index in [0.717, 1.165) is 18.0 Å². The summed E-state index contributed by atoms with van der Waals surface area (Å²) in [5.74, 6) is 5.93. The lowest BCUT2D eigenvalue weighted by Crippen LogP contribution is -2.22. The SMILES string of the molecule is CC(C)(O)C#Cc1ccc(CN2CCC[C@@H]2c2ccccn2)s1. The topological polar surface area (TPSA) is 36.4 Å². The first-order valence-corrected chi connectivity index (χ1v) is 8.82. The number of thiophene rings is 1. The molecule has 0 spiro atoms. The first-order valence-electron chi connectivity index (χ1n) is 8.00. The van der Waals surface area contributed by atoms with Crippen molar-refractivity contribution in [3.05, 3.63) is 52.0 Å². The van der Waals surface area contributed by atoms with E-state index in [-0.39, 0.29) is 0 Å². The van der Waals surface area contributed by atoms with E-state index >= 15 is 0 Å². The van der Waals surface area contributed by atoms with Crippen LogP contribution in [0.2, 0.25) is 0 Å². The third kappa shape index (κ3) is 4.42. The molecule has 2 aromatic heterocycles. The molecular formula is C19H22N2OS. The number of likely N-dealkylation sites (tertiary alicyclic amines) is 1. The van der Waals surface area contributed by atoms with Gasteiger partial charge in [0.25, 0.3) is 0 Å². The van der Waals surface area contributed by atoms with E-state index in [1.165, 1.54) is 23.4 Å². The molecule has 1 atom stereocenters. The second-order valence-corrected chi connectivity index (χ2v) is 7.63. The third-order valence-corrected chi connectivity index (χ3v) is 4.89. The number of aliphatic hydroxyl groups is 1. The Hall–Kier alpha value is -1.67. The van der Waals surface area contributed by atoms with Crippen LogP contribution in [0.4, 0.5) is 0 Å². The van der Waals surface area contributed by atoms with Gasteiger partial charge >= 0.3 is 0 Å². The zero-order chi connectivity index (χ0) is 16.3. The van der Waals surface area contributed by atoms with Crippen LogP contribution >= 0.6 is 11.3 Å². The minimum Gasteiger partial charge on any atom is -0.378 e. The van der Waals surface area contributed by atoms with E-state index < -0.39 is 5.60 Å². The van der Waals surface area contributed by atoms with Crippen LogP contribution in [0.3, 0.4) is 0 Å². The highest BCUT2D eigenvalue weighted by Crippen LogP contribution is 2.33. The van der Waals surface area contributed by atoms with Crippen LogP contribution in [0, 0.1) is 11.8 Å². The number of hydrogen-bond acceptors (Lipinski definition) is 4. The highest BCUT2D eigenvalue weighted by molar-refractivity contribution is 7.12. The fourth-order valence-corrected chi connectivity index (χ4v) is 3.76. The zero-order valence-electron chi connectivity index (χ0n) is 13.6.